The summed E-state index contributed by atoms with van der Waals surface area (Å²) in [6, 6.07) is 8.32. The molecule has 1 rings (SSSR count). The Morgan fingerprint density at radius 1 is 1.31 bits per heavy atom. The van der Waals surface area contributed by atoms with Crippen molar-refractivity contribution in [1.82, 2.24) is 0 Å². The summed E-state index contributed by atoms with van der Waals surface area (Å²) < 4.78 is -0.264. The van der Waals surface area contributed by atoms with Crippen molar-refractivity contribution >= 4 is 17.7 Å². The molecule has 0 aliphatic rings. The average Bonchev–Trinajstić information content (AvgIpc) is 2.16. The molecule has 0 saturated heterocycles. The fourth-order valence-electron chi connectivity index (χ4n) is 1.51. The minimum absolute atomic E-state index is 0.174. The van der Waals surface area contributed by atoms with Gasteiger partial charge < -0.3 is 5.11 Å². The second kappa shape index (κ2) is 5.39. The van der Waals surface area contributed by atoms with Crippen LogP contribution in [-0.2, 0) is 11.2 Å². The maximum atomic E-state index is 10.7. The molecule has 1 N–H and O–H groups in total. The number of hydrogen-bond acceptors (Lipinski definition) is 2. The molecule has 0 atom stereocenters. The fraction of sp³-hybridized carbons (Fsp3) is 0.462. The summed E-state index contributed by atoms with van der Waals surface area (Å²) in [4.78, 5) is 11.8. The summed E-state index contributed by atoms with van der Waals surface area (Å²) in [5, 5.41) is 8.80. The quantitative estimate of drug-likeness (QED) is 0.796. The molecule has 88 valence electrons. The van der Waals surface area contributed by atoms with Gasteiger partial charge in [-0.3, -0.25) is 4.79 Å². The van der Waals surface area contributed by atoms with Crippen LogP contribution in [0.4, 0.5) is 0 Å². The molecule has 0 aromatic heterocycles. The standard InChI is InChI=1S/C13H18O2S/c1-4-10-5-7-11(8-6-10)16-13(2,3)9-12(14)15/h5-8H,4,9H2,1-3H3,(H,14,15). The van der Waals surface area contributed by atoms with Gasteiger partial charge in [-0.25, -0.2) is 0 Å². The molecule has 2 nitrogen and oxygen atoms in total. The van der Waals surface area contributed by atoms with Crippen molar-refractivity contribution in [2.24, 2.45) is 0 Å². The van der Waals surface area contributed by atoms with Crippen LogP contribution in [0.5, 0.6) is 0 Å². The highest BCUT2D eigenvalue weighted by atomic mass is 32.2. The van der Waals surface area contributed by atoms with Gasteiger partial charge in [0.05, 0.1) is 6.42 Å². The minimum Gasteiger partial charge on any atom is -0.481 e. The third-order valence-corrected chi connectivity index (χ3v) is 3.51. The first-order valence-electron chi connectivity index (χ1n) is 5.43. The molecule has 0 aliphatic heterocycles. The highest BCUT2D eigenvalue weighted by Gasteiger charge is 2.22. The summed E-state index contributed by atoms with van der Waals surface area (Å²) >= 11 is 1.61. The summed E-state index contributed by atoms with van der Waals surface area (Å²) in [5.41, 5.74) is 1.31. The molecule has 0 saturated carbocycles. The Labute approximate surface area is 101 Å². The lowest BCUT2D eigenvalue weighted by Crippen LogP contribution is -2.19. The summed E-state index contributed by atoms with van der Waals surface area (Å²) in [5.74, 6) is -0.748. The molecule has 0 fully saturated rings. The molecule has 0 heterocycles. The first kappa shape index (κ1) is 13.1. The Balaban J connectivity index is 2.68. The smallest absolute Gasteiger partial charge is 0.304 e. The lowest BCUT2D eigenvalue weighted by Gasteiger charge is -2.21. The van der Waals surface area contributed by atoms with E-state index in [1.807, 2.05) is 13.8 Å². The van der Waals surface area contributed by atoms with Crippen molar-refractivity contribution in [2.45, 2.75) is 43.3 Å². The normalized spacial score (nSPS) is 11.4. The van der Waals surface area contributed by atoms with Crippen LogP contribution in [0.15, 0.2) is 29.2 Å². The number of hydrogen-bond donors (Lipinski definition) is 1. The Bertz CT molecular complexity index is 355. The lowest BCUT2D eigenvalue weighted by atomic mass is 10.1. The molecule has 0 aliphatic carbocycles. The second-order valence-corrected chi connectivity index (χ2v) is 6.21. The van der Waals surface area contributed by atoms with Crippen molar-refractivity contribution in [2.75, 3.05) is 0 Å². The summed E-state index contributed by atoms with van der Waals surface area (Å²) in [6.07, 6.45) is 1.21. The van der Waals surface area contributed by atoms with E-state index in [0.29, 0.717) is 0 Å². The molecular formula is C13H18O2S. The predicted octanol–water partition coefficient (Wildman–Crippen LogP) is 3.59. The van der Waals surface area contributed by atoms with Gasteiger partial charge >= 0.3 is 5.97 Å². The van der Waals surface area contributed by atoms with E-state index in [1.54, 1.807) is 11.8 Å². The maximum Gasteiger partial charge on any atom is 0.304 e. The molecule has 3 heteroatoms. The minimum atomic E-state index is -0.748. The molecule has 1 aromatic rings. The maximum absolute atomic E-state index is 10.7. The summed E-state index contributed by atoms with van der Waals surface area (Å²) in [6.45, 7) is 6.04. The highest BCUT2D eigenvalue weighted by Crippen LogP contribution is 2.35. The zero-order valence-corrected chi connectivity index (χ0v) is 10.8. The Hall–Kier alpha value is -0.960. The van der Waals surface area contributed by atoms with Crippen molar-refractivity contribution in [3.63, 3.8) is 0 Å². The Kier molecular flexibility index (Phi) is 4.42. The van der Waals surface area contributed by atoms with Crippen LogP contribution in [0.25, 0.3) is 0 Å². The first-order valence-corrected chi connectivity index (χ1v) is 6.24. The molecule has 0 bridgehead atoms. The molecule has 0 radical (unpaired) electrons. The topological polar surface area (TPSA) is 37.3 Å². The van der Waals surface area contributed by atoms with Gasteiger partial charge in [0.15, 0.2) is 0 Å². The molecule has 16 heavy (non-hydrogen) atoms. The van der Waals surface area contributed by atoms with Gasteiger partial charge in [-0.15, -0.1) is 11.8 Å². The van der Waals surface area contributed by atoms with E-state index in [-0.39, 0.29) is 11.2 Å². The number of aliphatic carboxylic acids is 1. The van der Waals surface area contributed by atoms with Crippen LogP contribution in [0.2, 0.25) is 0 Å². The zero-order valence-electron chi connectivity index (χ0n) is 9.99. The second-order valence-electron chi connectivity index (χ2n) is 4.43. The van der Waals surface area contributed by atoms with Gasteiger partial charge in [0.25, 0.3) is 0 Å². The number of carboxylic acids is 1. The molecule has 1 aromatic carbocycles. The SMILES string of the molecule is CCc1ccc(SC(C)(C)CC(=O)O)cc1. The lowest BCUT2D eigenvalue weighted by molar-refractivity contribution is -0.137. The van der Waals surface area contributed by atoms with Gasteiger partial charge in [-0.05, 0) is 38.0 Å². The van der Waals surface area contributed by atoms with E-state index in [9.17, 15) is 4.79 Å². The van der Waals surface area contributed by atoms with Gasteiger partial charge in [0, 0.05) is 9.64 Å². The Morgan fingerprint density at radius 3 is 2.31 bits per heavy atom. The third-order valence-electron chi connectivity index (χ3n) is 2.30. The predicted molar refractivity (Wildman–Crippen MR) is 68.0 cm³/mol. The largest absolute Gasteiger partial charge is 0.481 e. The number of aryl methyl sites for hydroxylation is 1. The van der Waals surface area contributed by atoms with Gasteiger partial charge in [0.1, 0.15) is 0 Å². The molecular weight excluding hydrogens is 220 g/mol. The van der Waals surface area contributed by atoms with Crippen LogP contribution in [-0.4, -0.2) is 15.8 Å². The number of carbonyl (C=O) groups is 1. The van der Waals surface area contributed by atoms with Gasteiger partial charge in [-0.2, -0.15) is 0 Å². The molecule has 0 unspecified atom stereocenters. The van der Waals surface area contributed by atoms with E-state index in [1.165, 1.54) is 5.56 Å². The van der Waals surface area contributed by atoms with E-state index in [2.05, 4.69) is 31.2 Å². The van der Waals surface area contributed by atoms with Crippen LogP contribution < -0.4 is 0 Å². The van der Waals surface area contributed by atoms with Crippen LogP contribution >= 0.6 is 11.8 Å². The van der Waals surface area contributed by atoms with Crippen molar-refractivity contribution in [3.8, 4) is 0 Å². The van der Waals surface area contributed by atoms with E-state index in [0.717, 1.165) is 11.3 Å². The van der Waals surface area contributed by atoms with Crippen molar-refractivity contribution < 1.29 is 9.90 Å². The van der Waals surface area contributed by atoms with Crippen LogP contribution in [0.1, 0.15) is 32.8 Å². The zero-order chi connectivity index (χ0) is 12.2. The number of thioether (sulfide) groups is 1. The number of rotatable bonds is 5. The van der Waals surface area contributed by atoms with Gasteiger partial charge in [0.2, 0.25) is 0 Å². The summed E-state index contributed by atoms with van der Waals surface area (Å²) in [7, 11) is 0. The molecule has 0 amide bonds. The number of benzene rings is 1. The fourth-order valence-corrected chi connectivity index (χ4v) is 2.62. The molecule has 0 spiro atoms. The average molecular weight is 238 g/mol. The van der Waals surface area contributed by atoms with Gasteiger partial charge in [-0.1, -0.05) is 19.1 Å². The highest BCUT2D eigenvalue weighted by molar-refractivity contribution is 8.00. The van der Waals surface area contributed by atoms with E-state index in [4.69, 9.17) is 5.11 Å². The number of carboxylic acid groups (broad SMARTS) is 1. The third kappa shape index (κ3) is 4.27. The Morgan fingerprint density at radius 2 is 1.88 bits per heavy atom. The van der Waals surface area contributed by atoms with E-state index < -0.39 is 5.97 Å². The van der Waals surface area contributed by atoms with Crippen molar-refractivity contribution in [3.05, 3.63) is 29.8 Å². The van der Waals surface area contributed by atoms with Crippen LogP contribution in [0.3, 0.4) is 0 Å². The van der Waals surface area contributed by atoms with E-state index >= 15 is 0 Å². The monoisotopic (exact) mass is 238 g/mol. The van der Waals surface area contributed by atoms with Crippen molar-refractivity contribution in [1.29, 1.82) is 0 Å². The van der Waals surface area contributed by atoms with Crippen LogP contribution in [0, 0.1) is 0 Å². The first-order chi connectivity index (χ1) is 7.43.